The lowest BCUT2D eigenvalue weighted by molar-refractivity contribution is -0.128. The van der Waals surface area contributed by atoms with E-state index in [4.69, 9.17) is 9.72 Å². The van der Waals surface area contributed by atoms with Crippen LogP contribution in [0.25, 0.3) is 0 Å². The molecule has 3 heterocycles. The molecule has 9 heteroatoms. The van der Waals surface area contributed by atoms with Crippen LogP contribution in [0.5, 0.6) is 0 Å². The molecule has 39 heavy (non-hydrogen) atoms. The average molecular weight is 533 g/mol. The van der Waals surface area contributed by atoms with E-state index >= 15 is 0 Å². The maximum atomic E-state index is 12.2. The van der Waals surface area contributed by atoms with E-state index in [0.717, 1.165) is 51.0 Å². The Balaban J connectivity index is 1.33. The maximum absolute atomic E-state index is 12.2. The summed E-state index contributed by atoms with van der Waals surface area (Å²) in [6, 6.07) is 9.27. The van der Waals surface area contributed by atoms with Gasteiger partial charge in [-0.25, -0.2) is 9.78 Å². The molecule has 1 saturated heterocycles. The van der Waals surface area contributed by atoms with Crippen molar-refractivity contribution >= 4 is 23.8 Å². The van der Waals surface area contributed by atoms with Gasteiger partial charge in [-0.2, -0.15) is 4.98 Å². The number of carbonyl (C=O) groups excluding carboxylic acids is 2. The number of carbonyl (C=O) groups is 2. The Morgan fingerprint density at radius 3 is 2.46 bits per heavy atom. The third-order valence-electron chi connectivity index (χ3n) is 7.98. The van der Waals surface area contributed by atoms with Crippen molar-refractivity contribution in [2.45, 2.75) is 65.1 Å². The molecular weight excluding hydrogens is 492 g/mol. The Kier molecular flexibility index (Phi) is 7.37. The minimum absolute atomic E-state index is 0.0128. The number of aromatic nitrogens is 2. The maximum Gasteiger partial charge on any atom is 0.415 e. The molecule has 1 atom stereocenters. The van der Waals surface area contributed by atoms with Crippen LogP contribution in [0.2, 0.25) is 0 Å². The van der Waals surface area contributed by atoms with E-state index in [2.05, 4.69) is 66.8 Å². The van der Waals surface area contributed by atoms with Crippen LogP contribution < -0.4 is 10.2 Å². The fourth-order valence-corrected chi connectivity index (χ4v) is 5.65. The summed E-state index contributed by atoms with van der Waals surface area (Å²) >= 11 is 0. The highest BCUT2D eigenvalue weighted by Gasteiger charge is 2.45. The largest absolute Gasteiger partial charge is 0.444 e. The third kappa shape index (κ3) is 5.78. The van der Waals surface area contributed by atoms with Gasteiger partial charge in [0, 0.05) is 45.0 Å². The number of piperazine rings is 1. The van der Waals surface area contributed by atoms with Gasteiger partial charge in [0.25, 0.3) is 0 Å². The topological polar surface area (TPSA) is 90.9 Å². The number of anilines is 2. The number of cyclic esters (lactones) is 1. The van der Waals surface area contributed by atoms with E-state index in [1.165, 1.54) is 17.2 Å². The molecule has 2 amide bonds. The molecular formula is C30H40N6O3. The molecule has 1 unspecified atom stereocenters. The van der Waals surface area contributed by atoms with Crippen LogP contribution >= 0.6 is 0 Å². The van der Waals surface area contributed by atoms with Gasteiger partial charge in [-0.1, -0.05) is 51.6 Å². The summed E-state index contributed by atoms with van der Waals surface area (Å²) in [6.07, 6.45) is 5.81. The number of fused-ring (bicyclic) bond motifs is 1. The summed E-state index contributed by atoms with van der Waals surface area (Å²) in [5.41, 5.74) is 3.30. The summed E-state index contributed by atoms with van der Waals surface area (Å²) in [7, 11) is 0. The first kappa shape index (κ1) is 27.1. The van der Waals surface area contributed by atoms with Gasteiger partial charge in [0.2, 0.25) is 11.9 Å². The zero-order valence-corrected chi connectivity index (χ0v) is 23.6. The number of amides is 2. The van der Waals surface area contributed by atoms with Crippen LogP contribution in [-0.2, 0) is 21.7 Å². The summed E-state index contributed by atoms with van der Waals surface area (Å²) in [5, 5.41) is 3.57. The number of hydrogen-bond donors (Lipinski definition) is 1. The third-order valence-corrected chi connectivity index (χ3v) is 7.98. The fourth-order valence-electron chi connectivity index (χ4n) is 5.65. The highest BCUT2D eigenvalue weighted by atomic mass is 16.6. The predicted octanol–water partition coefficient (Wildman–Crippen LogP) is 4.86. The SMILES string of the molecule is C=CC(=O)N1CCN(C(CC(C)(C)C)c2ccc(C3(Nc4ncc5c(n4)N(CC)C(=O)OC5)CC3)cc2)CC1. The summed E-state index contributed by atoms with van der Waals surface area (Å²) in [6.45, 7) is 16.2. The van der Waals surface area contributed by atoms with Crippen molar-refractivity contribution in [1.29, 1.82) is 0 Å². The second kappa shape index (κ2) is 10.6. The minimum Gasteiger partial charge on any atom is -0.444 e. The number of nitrogens with zero attached hydrogens (tertiary/aromatic N) is 5. The molecule has 2 aromatic rings. The first-order chi connectivity index (χ1) is 18.6. The van der Waals surface area contributed by atoms with Gasteiger partial charge >= 0.3 is 6.09 Å². The molecule has 2 aliphatic heterocycles. The van der Waals surface area contributed by atoms with Gasteiger partial charge < -0.3 is 15.0 Å². The molecule has 1 aliphatic carbocycles. The van der Waals surface area contributed by atoms with Gasteiger partial charge in [0.15, 0.2) is 0 Å². The molecule has 1 saturated carbocycles. The highest BCUT2D eigenvalue weighted by Crippen LogP contribution is 2.48. The van der Waals surface area contributed by atoms with Crippen molar-refractivity contribution in [2.75, 3.05) is 42.9 Å². The molecule has 5 rings (SSSR count). The van der Waals surface area contributed by atoms with Gasteiger partial charge in [-0.3, -0.25) is 14.6 Å². The summed E-state index contributed by atoms with van der Waals surface area (Å²) in [4.78, 5) is 39.4. The van der Waals surface area contributed by atoms with Crippen molar-refractivity contribution in [3.05, 3.63) is 59.8 Å². The van der Waals surface area contributed by atoms with Gasteiger partial charge in [-0.05, 0) is 48.8 Å². The number of ether oxygens (including phenoxy) is 1. The normalized spacial score (nSPS) is 19.6. The van der Waals surface area contributed by atoms with Crippen molar-refractivity contribution in [3.8, 4) is 0 Å². The van der Waals surface area contributed by atoms with Gasteiger partial charge in [-0.15, -0.1) is 0 Å². The number of hydrogen-bond acceptors (Lipinski definition) is 7. The second-order valence-corrected chi connectivity index (χ2v) is 12.0. The molecule has 1 aromatic carbocycles. The fraction of sp³-hybridized carbons (Fsp3) is 0.533. The van der Waals surface area contributed by atoms with Crippen LogP contribution in [-0.4, -0.2) is 64.5 Å². The Morgan fingerprint density at radius 2 is 1.87 bits per heavy atom. The van der Waals surface area contributed by atoms with Gasteiger partial charge in [0.05, 0.1) is 11.1 Å². The van der Waals surface area contributed by atoms with E-state index in [-0.39, 0.29) is 35.6 Å². The number of rotatable bonds is 8. The zero-order valence-electron chi connectivity index (χ0n) is 23.6. The highest BCUT2D eigenvalue weighted by molar-refractivity contribution is 5.89. The van der Waals surface area contributed by atoms with Crippen LogP contribution in [0.4, 0.5) is 16.6 Å². The predicted molar refractivity (Wildman–Crippen MR) is 151 cm³/mol. The number of nitrogens with one attached hydrogen (secondary N) is 1. The van der Waals surface area contributed by atoms with E-state index in [9.17, 15) is 9.59 Å². The van der Waals surface area contributed by atoms with Crippen molar-refractivity contribution < 1.29 is 14.3 Å². The molecule has 0 radical (unpaired) electrons. The Bertz CT molecular complexity index is 1230. The van der Waals surface area contributed by atoms with Crippen LogP contribution in [0.15, 0.2) is 43.1 Å². The molecule has 208 valence electrons. The number of benzene rings is 1. The van der Waals surface area contributed by atoms with E-state index in [1.807, 2.05) is 11.8 Å². The molecule has 3 aliphatic rings. The Morgan fingerprint density at radius 1 is 1.18 bits per heavy atom. The Labute approximate surface area is 231 Å². The van der Waals surface area contributed by atoms with Gasteiger partial charge in [0.1, 0.15) is 12.4 Å². The van der Waals surface area contributed by atoms with Crippen LogP contribution in [0.1, 0.15) is 69.7 Å². The molecule has 2 fully saturated rings. The van der Waals surface area contributed by atoms with E-state index < -0.39 is 0 Å². The van der Waals surface area contributed by atoms with E-state index in [0.29, 0.717) is 18.3 Å². The van der Waals surface area contributed by atoms with E-state index in [1.54, 1.807) is 11.1 Å². The summed E-state index contributed by atoms with van der Waals surface area (Å²) in [5.74, 6) is 1.16. The monoisotopic (exact) mass is 532 g/mol. The average Bonchev–Trinajstić information content (AvgIpc) is 3.71. The summed E-state index contributed by atoms with van der Waals surface area (Å²) < 4.78 is 5.22. The first-order valence-corrected chi connectivity index (χ1v) is 14.0. The zero-order chi connectivity index (χ0) is 27.8. The van der Waals surface area contributed by atoms with Crippen molar-refractivity contribution in [2.24, 2.45) is 5.41 Å². The van der Waals surface area contributed by atoms with Crippen LogP contribution in [0, 0.1) is 5.41 Å². The molecule has 1 aromatic heterocycles. The molecule has 0 spiro atoms. The Hall–Kier alpha value is -3.46. The van der Waals surface area contributed by atoms with Crippen molar-refractivity contribution in [1.82, 2.24) is 19.8 Å². The standard InChI is InChI=1S/C30H40N6O3/c1-6-25(37)35-16-14-34(15-17-35)24(18-29(3,4)5)21-8-10-23(11-9-21)30(12-13-30)33-27-31-19-22-20-39-28(38)36(7-2)26(22)32-27/h6,8-11,19,24H,1,7,12-18,20H2,2-5H3,(H,31,32,33). The molecule has 1 N–H and O–H groups in total. The minimum atomic E-state index is -0.370. The smallest absolute Gasteiger partial charge is 0.415 e. The lowest BCUT2D eigenvalue weighted by atomic mass is 9.84. The first-order valence-electron chi connectivity index (χ1n) is 14.0. The second-order valence-electron chi connectivity index (χ2n) is 12.0. The van der Waals surface area contributed by atoms with Crippen LogP contribution in [0.3, 0.4) is 0 Å². The quantitative estimate of drug-likeness (QED) is 0.486. The lowest BCUT2D eigenvalue weighted by Gasteiger charge is -2.41. The lowest BCUT2D eigenvalue weighted by Crippen LogP contribution is -2.49. The molecule has 9 nitrogen and oxygen atoms in total. The van der Waals surface area contributed by atoms with Crippen molar-refractivity contribution in [3.63, 3.8) is 0 Å². The molecule has 0 bridgehead atoms.